The van der Waals surface area contributed by atoms with Crippen molar-refractivity contribution in [1.29, 1.82) is 0 Å². The van der Waals surface area contributed by atoms with E-state index in [9.17, 15) is 31.4 Å². The summed E-state index contributed by atoms with van der Waals surface area (Å²) in [6.07, 6.45) is -8.97. The fourth-order valence-corrected chi connectivity index (χ4v) is 4.09. The number of rotatable bonds is 4. The van der Waals surface area contributed by atoms with Crippen LogP contribution >= 0.6 is 0 Å². The third-order valence-electron chi connectivity index (χ3n) is 5.78. The Labute approximate surface area is 184 Å². The second-order valence-corrected chi connectivity index (χ2v) is 8.14. The Hall–Kier alpha value is -3.02. The first kappa shape index (κ1) is 23.1. The number of alkyl halides is 6. The van der Waals surface area contributed by atoms with Gasteiger partial charge in [-0.2, -0.15) is 31.4 Å². The highest BCUT2D eigenvalue weighted by Crippen LogP contribution is 2.46. The van der Waals surface area contributed by atoms with Crippen molar-refractivity contribution in [2.75, 3.05) is 7.11 Å². The normalized spacial score (nSPS) is 17.9. The predicted molar refractivity (Wildman–Crippen MR) is 105 cm³/mol. The van der Waals surface area contributed by atoms with E-state index in [1.54, 1.807) is 24.3 Å². The summed E-state index contributed by atoms with van der Waals surface area (Å²) in [7, 11) is 1.47. The number of halogens is 6. The molecule has 2 unspecified atom stereocenters. The molecule has 0 bridgehead atoms. The quantitative estimate of drug-likeness (QED) is 0.557. The smallest absolute Gasteiger partial charge is 0.433 e. The maximum Gasteiger partial charge on any atom is 0.433 e. The Morgan fingerprint density at radius 2 is 1.76 bits per heavy atom. The van der Waals surface area contributed by atoms with Crippen LogP contribution in [0, 0.1) is 0 Å². The highest BCUT2D eigenvalue weighted by atomic mass is 19.4. The van der Waals surface area contributed by atoms with E-state index < -0.39 is 35.5 Å². The van der Waals surface area contributed by atoms with Gasteiger partial charge in [-0.05, 0) is 38.0 Å². The molecule has 1 aliphatic rings. The Balaban J connectivity index is 1.85. The van der Waals surface area contributed by atoms with Gasteiger partial charge < -0.3 is 14.4 Å². The molecule has 33 heavy (non-hydrogen) atoms. The molecule has 178 valence electrons. The Bertz CT molecular complexity index is 1180. The van der Waals surface area contributed by atoms with Crippen LogP contribution in [0.25, 0.3) is 11.4 Å². The summed E-state index contributed by atoms with van der Waals surface area (Å²) >= 11 is 0. The summed E-state index contributed by atoms with van der Waals surface area (Å²) in [5.74, 6) is -0.155. The molecule has 1 N–H and O–H groups in total. The van der Waals surface area contributed by atoms with Crippen LogP contribution < -0.4 is 4.74 Å². The molecular formula is C21H20F6N4O2. The molecule has 3 heterocycles. The molecule has 3 aromatic rings. The molecule has 4 rings (SSSR count). The fourth-order valence-electron chi connectivity index (χ4n) is 4.09. The van der Waals surface area contributed by atoms with E-state index in [2.05, 4.69) is 10.1 Å². The molecular weight excluding hydrogens is 454 g/mol. The molecule has 12 heteroatoms. The van der Waals surface area contributed by atoms with Crippen LogP contribution in [-0.4, -0.2) is 37.7 Å². The van der Waals surface area contributed by atoms with Gasteiger partial charge in [-0.1, -0.05) is 12.1 Å². The Morgan fingerprint density at radius 3 is 2.30 bits per heavy atom. The van der Waals surface area contributed by atoms with Crippen molar-refractivity contribution in [3.8, 4) is 17.1 Å². The number of fused-ring (bicyclic) bond motifs is 3. The van der Waals surface area contributed by atoms with Crippen LogP contribution in [0.5, 0.6) is 5.75 Å². The second kappa shape index (κ2) is 7.51. The average molecular weight is 474 g/mol. The molecule has 0 radical (unpaired) electrons. The van der Waals surface area contributed by atoms with Crippen LogP contribution in [0.15, 0.2) is 30.5 Å². The fraction of sp³-hybridized carbons (Fsp3) is 0.429. The average Bonchev–Trinajstić information content (AvgIpc) is 3.30. The van der Waals surface area contributed by atoms with Gasteiger partial charge in [0.15, 0.2) is 5.82 Å². The van der Waals surface area contributed by atoms with Crippen LogP contribution in [0.4, 0.5) is 26.3 Å². The lowest BCUT2D eigenvalue weighted by Crippen LogP contribution is -2.42. The zero-order valence-corrected chi connectivity index (χ0v) is 17.8. The van der Waals surface area contributed by atoms with E-state index in [4.69, 9.17) is 4.74 Å². The zero-order chi connectivity index (χ0) is 24.3. The van der Waals surface area contributed by atoms with Crippen LogP contribution in [0.2, 0.25) is 0 Å². The van der Waals surface area contributed by atoms with Crippen LogP contribution in [0.1, 0.15) is 42.5 Å². The number of aliphatic hydroxyl groups is 1. The second-order valence-electron chi connectivity index (χ2n) is 8.14. The van der Waals surface area contributed by atoms with E-state index in [0.717, 1.165) is 15.4 Å². The van der Waals surface area contributed by atoms with E-state index in [1.165, 1.54) is 14.0 Å². The molecule has 2 atom stereocenters. The van der Waals surface area contributed by atoms with Crippen molar-refractivity contribution in [2.24, 2.45) is 0 Å². The van der Waals surface area contributed by atoms with Gasteiger partial charge in [-0.15, -0.1) is 0 Å². The van der Waals surface area contributed by atoms with Crippen molar-refractivity contribution in [1.82, 2.24) is 19.3 Å². The van der Waals surface area contributed by atoms with Gasteiger partial charge in [0.05, 0.1) is 25.5 Å². The molecule has 0 saturated heterocycles. The third kappa shape index (κ3) is 3.75. The van der Waals surface area contributed by atoms with Crippen molar-refractivity contribution < 1.29 is 36.2 Å². The lowest BCUT2D eigenvalue weighted by molar-refractivity contribution is -0.262. The number of hydrogen-bond donors (Lipinski definition) is 1. The molecule has 0 aliphatic carbocycles. The Kier molecular flexibility index (Phi) is 5.26. The van der Waals surface area contributed by atoms with Gasteiger partial charge >= 0.3 is 12.4 Å². The zero-order valence-electron chi connectivity index (χ0n) is 17.8. The molecule has 1 aliphatic heterocycles. The lowest BCUT2D eigenvalue weighted by atomic mass is 9.96. The third-order valence-corrected chi connectivity index (χ3v) is 5.78. The summed E-state index contributed by atoms with van der Waals surface area (Å²) in [5.41, 5.74) is -3.95. The molecule has 1 aromatic carbocycles. The minimum Gasteiger partial charge on any atom is -0.497 e. The first-order chi connectivity index (χ1) is 15.3. The number of methoxy groups -OCH3 is 1. The summed E-state index contributed by atoms with van der Waals surface area (Å²) in [4.78, 5) is 3.74. The first-order valence-corrected chi connectivity index (χ1v) is 9.92. The minimum atomic E-state index is -5.03. The van der Waals surface area contributed by atoms with E-state index >= 15 is 0 Å². The largest absolute Gasteiger partial charge is 0.497 e. The van der Waals surface area contributed by atoms with Gasteiger partial charge in [0.2, 0.25) is 5.60 Å². The van der Waals surface area contributed by atoms with Gasteiger partial charge in [0.1, 0.15) is 17.1 Å². The van der Waals surface area contributed by atoms with Crippen LogP contribution in [0.3, 0.4) is 0 Å². The minimum absolute atomic E-state index is 0.0118. The predicted octanol–water partition coefficient (Wildman–Crippen LogP) is 4.71. The number of imidazole rings is 1. The lowest BCUT2D eigenvalue weighted by Gasteiger charge is -2.31. The number of benzene rings is 1. The first-order valence-electron chi connectivity index (χ1n) is 9.92. The number of hydrogen-bond acceptors (Lipinski definition) is 4. The monoisotopic (exact) mass is 474 g/mol. The van der Waals surface area contributed by atoms with E-state index in [0.29, 0.717) is 18.2 Å². The van der Waals surface area contributed by atoms with Crippen LogP contribution in [-0.2, 0) is 24.7 Å². The Morgan fingerprint density at radius 1 is 1.12 bits per heavy atom. The van der Waals surface area contributed by atoms with Crippen molar-refractivity contribution in [2.45, 2.75) is 50.8 Å². The van der Waals surface area contributed by atoms with Crippen molar-refractivity contribution in [3.05, 3.63) is 53.1 Å². The molecule has 0 fully saturated rings. The topological polar surface area (TPSA) is 65.1 Å². The molecule has 6 nitrogen and oxygen atoms in total. The summed E-state index contributed by atoms with van der Waals surface area (Å²) < 4.78 is 89.4. The molecule has 0 saturated carbocycles. The van der Waals surface area contributed by atoms with Gasteiger partial charge in [0, 0.05) is 11.6 Å². The number of ether oxygens (including phenoxy) is 1. The van der Waals surface area contributed by atoms with Crippen molar-refractivity contribution >= 4 is 0 Å². The van der Waals surface area contributed by atoms with Gasteiger partial charge in [-0.25, -0.2) is 4.98 Å². The van der Waals surface area contributed by atoms with Crippen molar-refractivity contribution in [3.63, 3.8) is 0 Å². The maximum absolute atomic E-state index is 14.1. The summed E-state index contributed by atoms with van der Waals surface area (Å²) in [6, 6.07) is 5.60. The highest BCUT2D eigenvalue weighted by Gasteiger charge is 2.55. The molecule has 2 aromatic heterocycles. The summed E-state index contributed by atoms with van der Waals surface area (Å²) in [5, 5.41) is 14.3. The molecule has 0 spiro atoms. The highest BCUT2D eigenvalue weighted by molar-refractivity contribution is 5.64. The molecule has 0 amide bonds. The number of nitrogens with zero attached hydrogens (tertiary/aromatic N) is 4. The number of aromatic nitrogens is 4. The van der Waals surface area contributed by atoms with E-state index in [-0.39, 0.29) is 29.9 Å². The SMILES string of the molecule is COc1ccc(Cn2nc3c(c2C(F)(F)F)CC(C)n2c-3cnc2C(C)(O)C(F)(F)F)cc1. The van der Waals surface area contributed by atoms with E-state index in [1.807, 2.05) is 0 Å². The summed E-state index contributed by atoms with van der Waals surface area (Å²) in [6.45, 7) is 1.83. The van der Waals surface area contributed by atoms with Gasteiger partial charge in [-0.3, -0.25) is 4.68 Å². The van der Waals surface area contributed by atoms with Gasteiger partial charge in [0.25, 0.3) is 0 Å². The maximum atomic E-state index is 14.1. The standard InChI is InChI=1S/C21H20F6N4O2/c1-11-8-14-16(15-9-28-18(31(11)15)19(2,32)21(25,26)27)29-30(17(14)20(22,23)24)10-12-4-6-13(33-3)7-5-12/h4-7,9,11,32H,8,10H2,1-3H3.